The second-order valence-electron chi connectivity index (χ2n) is 1.31. The molecule has 0 saturated carbocycles. The summed E-state index contributed by atoms with van der Waals surface area (Å²) >= 11 is 1.10. The molecule has 1 nitrogen and oxygen atoms in total. The minimum absolute atomic E-state index is 0.529. The van der Waals surface area contributed by atoms with Gasteiger partial charge in [0.15, 0.2) is 0 Å². The smallest absolute Gasteiger partial charge is 0.0445 e. The maximum absolute atomic E-state index is 11.9. The molecular weight excluding hydrogens is 113 g/mol. The third-order valence-electron chi connectivity index (χ3n) is 0.743. The highest BCUT2D eigenvalue weighted by Gasteiger charge is 2.01. The van der Waals surface area contributed by atoms with Gasteiger partial charge >= 0.3 is 0 Å². The lowest BCUT2D eigenvalue weighted by Gasteiger charge is -2.08. The molecule has 3 heteroatoms. The first-order chi connectivity index (χ1) is 3.39. The first-order valence-electron chi connectivity index (χ1n) is 2.15. The Morgan fingerprint density at radius 2 is 2.57 bits per heavy atom. The van der Waals surface area contributed by atoms with Crippen LogP contribution < -0.4 is 0 Å². The summed E-state index contributed by atoms with van der Waals surface area (Å²) in [5.74, 6) is 0. The molecule has 1 aliphatic rings. The zero-order valence-corrected chi connectivity index (χ0v) is 4.62. The van der Waals surface area contributed by atoms with Crippen molar-refractivity contribution in [3.8, 4) is 0 Å². The molecule has 0 aromatic carbocycles. The fourth-order valence-electron chi connectivity index (χ4n) is 0.406. The highest BCUT2D eigenvalue weighted by Crippen LogP contribution is 2.16. The molecule has 0 saturated heterocycles. The first-order valence-corrected chi connectivity index (χ1v) is 2.98. The molecule has 0 unspecified atom stereocenters. The van der Waals surface area contributed by atoms with Gasteiger partial charge in [0, 0.05) is 6.54 Å². The molecule has 1 rings (SSSR count). The topological polar surface area (TPSA) is 3.24 Å². The van der Waals surface area contributed by atoms with Crippen molar-refractivity contribution in [2.45, 2.75) is 6.42 Å². The van der Waals surface area contributed by atoms with Crippen LogP contribution in [0.2, 0.25) is 0 Å². The fraction of sp³-hybridized carbons (Fsp3) is 0.500. The molecule has 1 aliphatic heterocycles. The van der Waals surface area contributed by atoms with Crippen LogP contribution in [0.1, 0.15) is 6.42 Å². The Bertz CT molecular complexity index is 83.8. The van der Waals surface area contributed by atoms with E-state index < -0.39 is 0 Å². The third kappa shape index (κ3) is 1.49. The van der Waals surface area contributed by atoms with E-state index in [9.17, 15) is 4.48 Å². The quantitative estimate of drug-likeness (QED) is 0.353. The SMILES string of the molecule is FN1CCC=CS1. The molecule has 0 spiro atoms. The Hall–Kier alpha value is -0.0200. The molecule has 7 heavy (non-hydrogen) atoms. The molecule has 0 aromatic rings. The summed E-state index contributed by atoms with van der Waals surface area (Å²) in [6.45, 7) is 0.529. The van der Waals surface area contributed by atoms with Crippen molar-refractivity contribution in [2.75, 3.05) is 6.54 Å². The Labute approximate surface area is 46.3 Å². The largest absolute Gasteiger partial charge is 0.123 e. The van der Waals surface area contributed by atoms with Crippen molar-refractivity contribution < 1.29 is 4.48 Å². The maximum Gasteiger partial charge on any atom is 0.0445 e. The van der Waals surface area contributed by atoms with E-state index in [1.165, 1.54) is 0 Å². The molecule has 0 amide bonds. The minimum atomic E-state index is 0.529. The van der Waals surface area contributed by atoms with Gasteiger partial charge in [-0.2, -0.15) is 0 Å². The van der Waals surface area contributed by atoms with Crippen molar-refractivity contribution in [1.82, 2.24) is 4.53 Å². The van der Waals surface area contributed by atoms with E-state index in [0.717, 1.165) is 22.9 Å². The van der Waals surface area contributed by atoms with E-state index in [4.69, 9.17) is 0 Å². The molecule has 0 bridgehead atoms. The van der Waals surface area contributed by atoms with Crippen LogP contribution in [0.5, 0.6) is 0 Å². The van der Waals surface area contributed by atoms with Crippen molar-refractivity contribution in [1.29, 1.82) is 0 Å². The lowest BCUT2D eigenvalue weighted by molar-refractivity contribution is 0.162. The fourth-order valence-corrected chi connectivity index (χ4v) is 0.971. The van der Waals surface area contributed by atoms with Gasteiger partial charge in [0.1, 0.15) is 0 Å². The van der Waals surface area contributed by atoms with Gasteiger partial charge < -0.3 is 0 Å². The van der Waals surface area contributed by atoms with E-state index in [2.05, 4.69) is 0 Å². The summed E-state index contributed by atoms with van der Waals surface area (Å²) in [6, 6.07) is 0. The molecule has 1 heterocycles. The van der Waals surface area contributed by atoms with Crippen LogP contribution in [0.25, 0.3) is 0 Å². The van der Waals surface area contributed by atoms with E-state index in [0.29, 0.717) is 6.54 Å². The van der Waals surface area contributed by atoms with Crippen LogP contribution >= 0.6 is 11.9 Å². The average Bonchev–Trinajstić information content (AvgIpc) is 1.69. The molecule has 40 valence electrons. The summed E-state index contributed by atoms with van der Waals surface area (Å²) in [4.78, 5) is 0. The van der Waals surface area contributed by atoms with Gasteiger partial charge in [-0.15, -0.1) is 4.48 Å². The molecule has 0 fully saturated rings. The van der Waals surface area contributed by atoms with Gasteiger partial charge in [-0.25, -0.2) is 0 Å². The van der Waals surface area contributed by atoms with Gasteiger partial charge in [0.25, 0.3) is 0 Å². The summed E-state index contributed by atoms with van der Waals surface area (Å²) in [5, 5.41) is 1.75. The van der Waals surface area contributed by atoms with E-state index in [1.54, 1.807) is 5.41 Å². The van der Waals surface area contributed by atoms with E-state index >= 15 is 0 Å². The predicted octanol–water partition coefficient (Wildman–Crippen LogP) is 1.74. The molecule has 0 radical (unpaired) electrons. The standard InChI is InChI=1S/C4H6FNS/c5-6-3-1-2-4-7-6/h2,4H,1,3H2. The Morgan fingerprint density at radius 3 is 2.86 bits per heavy atom. The zero-order chi connectivity index (χ0) is 5.11. The van der Waals surface area contributed by atoms with Crippen LogP contribution in [0.15, 0.2) is 11.5 Å². The van der Waals surface area contributed by atoms with Gasteiger partial charge in [-0.1, -0.05) is 10.6 Å². The number of halogens is 1. The van der Waals surface area contributed by atoms with Crippen molar-refractivity contribution in [3.63, 3.8) is 0 Å². The van der Waals surface area contributed by atoms with E-state index in [-0.39, 0.29) is 0 Å². The number of hydrogen-bond donors (Lipinski definition) is 0. The normalized spacial score (nSPS) is 23.0. The third-order valence-corrected chi connectivity index (χ3v) is 1.47. The molecule has 0 N–H and O–H groups in total. The van der Waals surface area contributed by atoms with Crippen LogP contribution in [0.3, 0.4) is 0 Å². The van der Waals surface area contributed by atoms with Gasteiger partial charge in [0.05, 0.1) is 0 Å². The predicted molar refractivity (Wildman–Crippen MR) is 29.2 cm³/mol. The number of hydrogen-bond acceptors (Lipinski definition) is 2. The van der Waals surface area contributed by atoms with E-state index in [1.807, 2.05) is 6.08 Å². The highest BCUT2D eigenvalue weighted by molar-refractivity contribution is 7.99. The minimum Gasteiger partial charge on any atom is -0.123 e. The van der Waals surface area contributed by atoms with Crippen molar-refractivity contribution in [2.24, 2.45) is 0 Å². The van der Waals surface area contributed by atoms with Crippen LogP contribution in [0, 0.1) is 0 Å². The Morgan fingerprint density at radius 1 is 1.71 bits per heavy atom. The first kappa shape index (κ1) is 5.12. The summed E-state index contributed by atoms with van der Waals surface area (Å²) in [6.07, 6.45) is 2.80. The monoisotopic (exact) mass is 119 g/mol. The lowest BCUT2D eigenvalue weighted by Crippen LogP contribution is -2.05. The molecule has 0 aromatic heterocycles. The number of nitrogens with zero attached hydrogens (tertiary/aromatic N) is 1. The molecular formula is C4H6FNS. The Balaban J connectivity index is 2.32. The second kappa shape index (κ2) is 2.33. The summed E-state index contributed by atoms with van der Waals surface area (Å²) < 4.78 is 12.7. The Kier molecular flexibility index (Phi) is 1.70. The average molecular weight is 119 g/mol. The van der Waals surface area contributed by atoms with Crippen LogP contribution in [0.4, 0.5) is 4.48 Å². The highest BCUT2D eigenvalue weighted by atomic mass is 32.2. The van der Waals surface area contributed by atoms with Crippen LogP contribution in [-0.4, -0.2) is 11.1 Å². The zero-order valence-electron chi connectivity index (χ0n) is 3.80. The van der Waals surface area contributed by atoms with Crippen molar-refractivity contribution in [3.05, 3.63) is 11.5 Å². The van der Waals surface area contributed by atoms with Gasteiger partial charge in [-0.3, -0.25) is 0 Å². The summed E-state index contributed by atoms with van der Waals surface area (Å²) in [7, 11) is 0. The lowest BCUT2D eigenvalue weighted by atomic mass is 10.4. The number of rotatable bonds is 0. The second-order valence-corrected chi connectivity index (χ2v) is 2.19. The van der Waals surface area contributed by atoms with Crippen LogP contribution in [-0.2, 0) is 0 Å². The summed E-state index contributed by atoms with van der Waals surface area (Å²) in [5.41, 5.74) is 0. The molecule has 0 aliphatic carbocycles. The molecule has 0 atom stereocenters. The van der Waals surface area contributed by atoms with Gasteiger partial charge in [0.2, 0.25) is 0 Å². The van der Waals surface area contributed by atoms with Crippen molar-refractivity contribution >= 4 is 11.9 Å². The van der Waals surface area contributed by atoms with Gasteiger partial charge in [-0.05, 0) is 23.8 Å². The maximum atomic E-state index is 11.9.